The Morgan fingerprint density at radius 3 is 2.76 bits per heavy atom. The first-order chi connectivity index (χ1) is 16.0. The van der Waals surface area contributed by atoms with Gasteiger partial charge in [0.15, 0.2) is 5.92 Å². The van der Waals surface area contributed by atoms with E-state index in [4.69, 9.17) is 9.47 Å². The number of thiophene rings is 1. The lowest BCUT2D eigenvalue weighted by Crippen LogP contribution is -2.58. The number of hydrogen-bond donors (Lipinski definition) is 1. The summed E-state index contributed by atoms with van der Waals surface area (Å²) in [5.74, 6) is -3.03. The van der Waals surface area contributed by atoms with Crippen molar-refractivity contribution in [3.8, 4) is 5.75 Å². The van der Waals surface area contributed by atoms with Crippen LogP contribution in [-0.2, 0) is 27.2 Å². The second-order valence-corrected chi connectivity index (χ2v) is 8.59. The second kappa shape index (κ2) is 9.53. The lowest BCUT2D eigenvalue weighted by Gasteiger charge is -2.29. The molecule has 1 aromatic heterocycles. The highest BCUT2D eigenvalue weighted by Crippen LogP contribution is 2.40. The minimum absolute atomic E-state index is 0.215. The number of amides is 4. The van der Waals surface area contributed by atoms with Gasteiger partial charge in [0.25, 0.3) is 5.91 Å². The molecule has 9 nitrogen and oxygen atoms in total. The van der Waals surface area contributed by atoms with E-state index in [2.05, 4.69) is 10.3 Å². The number of ether oxygens (including phenoxy) is 2. The Morgan fingerprint density at radius 1 is 1.24 bits per heavy atom. The Bertz CT molecular complexity index is 1160. The van der Waals surface area contributed by atoms with Crippen LogP contribution in [0.5, 0.6) is 5.75 Å². The number of benzene rings is 1. The molecule has 2 aromatic rings. The van der Waals surface area contributed by atoms with Crippen molar-refractivity contribution in [1.82, 2.24) is 5.32 Å². The molecule has 0 radical (unpaired) electrons. The summed E-state index contributed by atoms with van der Waals surface area (Å²) in [6, 6.07) is 5.65. The van der Waals surface area contributed by atoms with Crippen LogP contribution >= 0.6 is 11.3 Å². The van der Waals surface area contributed by atoms with E-state index in [-0.39, 0.29) is 12.3 Å². The molecule has 10 heteroatoms. The Hall–Kier alpha value is -3.53. The minimum Gasteiger partial charge on any atom is -0.495 e. The SMILES string of the molecule is CCOC(=O)c1c(N=C[C@H]2C(=O)NC(=O)N(c3ccccc3OC)C2=O)sc2c1CCCC2. The Kier molecular flexibility index (Phi) is 6.55. The van der Waals surface area contributed by atoms with Crippen LogP contribution in [0.25, 0.3) is 0 Å². The maximum absolute atomic E-state index is 13.2. The third-order valence-electron chi connectivity index (χ3n) is 5.50. The molecular weight excluding hydrogens is 446 g/mol. The lowest BCUT2D eigenvalue weighted by atomic mass is 9.95. The molecule has 1 atom stereocenters. The number of urea groups is 1. The summed E-state index contributed by atoms with van der Waals surface area (Å²) in [5.41, 5.74) is 1.54. The molecule has 1 fully saturated rings. The van der Waals surface area contributed by atoms with Gasteiger partial charge >= 0.3 is 12.0 Å². The van der Waals surface area contributed by atoms with Crippen LogP contribution in [0, 0.1) is 5.92 Å². The predicted molar refractivity (Wildman–Crippen MR) is 123 cm³/mol. The topological polar surface area (TPSA) is 114 Å². The number of carbonyl (C=O) groups is 4. The molecule has 4 amide bonds. The Labute approximate surface area is 194 Å². The molecular formula is C23H23N3O6S. The molecule has 33 heavy (non-hydrogen) atoms. The highest BCUT2D eigenvalue weighted by Gasteiger charge is 2.41. The maximum Gasteiger partial charge on any atom is 0.341 e. The highest BCUT2D eigenvalue weighted by molar-refractivity contribution is 7.16. The first-order valence-corrected chi connectivity index (χ1v) is 11.5. The van der Waals surface area contributed by atoms with Crippen molar-refractivity contribution in [2.24, 2.45) is 10.9 Å². The fourth-order valence-electron chi connectivity index (χ4n) is 3.96. The quantitative estimate of drug-likeness (QED) is 0.394. The van der Waals surface area contributed by atoms with Gasteiger partial charge in [-0.15, -0.1) is 11.3 Å². The zero-order valence-corrected chi connectivity index (χ0v) is 19.1. The number of methoxy groups -OCH3 is 1. The van der Waals surface area contributed by atoms with Gasteiger partial charge in [-0.05, 0) is 50.3 Å². The van der Waals surface area contributed by atoms with Crippen molar-refractivity contribution in [2.45, 2.75) is 32.6 Å². The van der Waals surface area contributed by atoms with Crippen LogP contribution < -0.4 is 15.0 Å². The summed E-state index contributed by atoms with van der Waals surface area (Å²) in [7, 11) is 1.42. The second-order valence-electron chi connectivity index (χ2n) is 7.51. The van der Waals surface area contributed by atoms with Crippen molar-refractivity contribution in [1.29, 1.82) is 0 Å². The monoisotopic (exact) mass is 469 g/mol. The van der Waals surface area contributed by atoms with Crippen molar-refractivity contribution in [3.63, 3.8) is 0 Å². The molecule has 0 bridgehead atoms. The number of imide groups is 2. The van der Waals surface area contributed by atoms with Gasteiger partial charge in [0.2, 0.25) is 5.91 Å². The van der Waals surface area contributed by atoms with Gasteiger partial charge in [0.05, 0.1) is 25.0 Å². The number of rotatable bonds is 6. The van der Waals surface area contributed by atoms with Crippen LogP contribution in [0.15, 0.2) is 29.3 Å². The van der Waals surface area contributed by atoms with Crippen LogP contribution in [0.2, 0.25) is 0 Å². The summed E-state index contributed by atoms with van der Waals surface area (Å²) in [6.07, 6.45) is 4.79. The standard InChI is InChI=1S/C23H23N3O6S/c1-3-32-22(29)18-13-8-4-7-11-17(13)33-20(18)24-12-14-19(27)25-23(30)26(21(14)28)15-9-5-6-10-16(15)31-2/h5-6,9-10,12,14H,3-4,7-8,11H2,1-2H3,(H,25,27,30)/t14-/m0/s1. The lowest BCUT2D eigenvalue weighted by molar-refractivity contribution is -0.131. The normalized spacial score (nSPS) is 18.3. The van der Waals surface area contributed by atoms with Gasteiger partial charge in [-0.1, -0.05) is 12.1 Å². The van der Waals surface area contributed by atoms with E-state index < -0.39 is 29.7 Å². The number of nitrogens with zero attached hydrogens (tertiary/aromatic N) is 2. The van der Waals surface area contributed by atoms with Crippen LogP contribution in [0.3, 0.4) is 0 Å². The molecule has 1 N–H and O–H groups in total. The fourth-order valence-corrected chi connectivity index (χ4v) is 5.19. The molecule has 4 rings (SSSR count). The zero-order valence-electron chi connectivity index (χ0n) is 18.3. The predicted octanol–water partition coefficient (Wildman–Crippen LogP) is 3.41. The van der Waals surface area contributed by atoms with E-state index >= 15 is 0 Å². The number of aryl methyl sites for hydroxylation is 1. The van der Waals surface area contributed by atoms with Gasteiger partial charge in [-0.2, -0.15) is 0 Å². The van der Waals surface area contributed by atoms with E-state index in [9.17, 15) is 19.2 Å². The number of esters is 1. The average molecular weight is 470 g/mol. The molecule has 1 aliphatic carbocycles. The number of anilines is 1. The van der Waals surface area contributed by atoms with Gasteiger partial charge in [0.1, 0.15) is 10.8 Å². The third kappa shape index (κ3) is 4.25. The number of carbonyl (C=O) groups excluding carboxylic acids is 4. The molecule has 0 saturated carbocycles. The van der Waals surface area contributed by atoms with Crippen molar-refractivity contribution < 1.29 is 28.7 Å². The summed E-state index contributed by atoms with van der Waals surface area (Å²) < 4.78 is 10.5. The molecule has 0 unspecified atom stereocenters. The largest absolute Gasteiger partial charge is 0.495 e. The Morgan fingerprint density at radius 2 is 2.00 bits per heavy atom. The van der Waals surface area contributed by atoms with E-state index in [1.807, 2.05) is 0 Å². The molecule has 1 saturated heterocycles. The first kappa shape index (κ1) is 22.7. The molecule has 1 aromatic carbocycles. The molecule has 0 spiro atoms. The van der Waals surface area contributed by atoms with Crippen LogP contribution in [0.4, 0.5) is 15.5 Å². The summed E-state index contributed by atoms with van der Waals surface area (Å²) in [6.45, 7) is 1.96. The number of barbiturate groups is 1. The fraction of sp³-hybridized carbons (Fsp3) is 0.348. The Balaban J connectivity index is 1.68. The van der Waals surface area contributed by atoms with Crippen LogP contribution in [-0.4, -0.2) is 43.7 Å². The number of para-hydroxylation sites is 2. The van der Waals surface area contributed by atoms with Gasteiger partial charge in [-0.25, -0.2) is 19.5 Å². The number of nitrogens with one attached hydrogen (secondary N) is 1. The minimum atomic E-state index is -1.35. The van der Waals surface area contributed by atoms with E-state index in [0.717, 1.165) is 41.0 Å². The third-order valence-corrected chi connectivity index (χ3v) is 6.70. The number of hydrogen-bond acceptors (Lipinski definition) is 8. The van der Waals surface area contributed by atoms with E-state index in [1.165, 1.54) is 24.7 Å². The van der Waals surface area contributed by atoms with E-state index in [1.54, 1.807) is 31.2 Å². The van der Waals surface area contributed by atoms with Gasteiger partial charge < -0.3 is 9.47 Å². The molecule has 172 valence electrons. The average Bonchev–Trinajstić information content (AvgIpc) is 3.17. The van der Waals surface area contributed by atoms with Crippen molar-refractivity contribution in [3.05, 3.63) is 40.3 Å². The van der Waals surface area contributed by atoms with Crippen molar-refractivity contribution >= 4 is 52.1 Å². The first-order valence-electron chi connectivity index (χ1n) is 10.6. The van der Waals surface area contributed by atoms with Gasteiger partial charge in [-0.3, -0.25) is 14.9 Å². The van der Waals surface area contributed by atoms with E-state index in [0.29, 0.717) is 16.3 Å². The zero-order chi connectivity index (χ0) is 23.5. The maximum atomic E-state index is 13.2. The summed E-state index contributed by atoms with van der Waals surface area (Å²) >= 11 is 1.37. The number of fused-ring (bicyclic) bond motifs is 1. The van der Waals surface area contributed by atoms with Crippen molar-refractivity contribution in [2.75, 3.05) is 18.6 Å². The molecule has 1 aliphatic heterocycles. The highest BCUT2D eigenvalue weighted by atomic mass is 32.1. The summed E-state index contributed by atoms with van der Waals surface area (Å²) in [5, 5.41) is 2.60. The smallest absolute Gasteiger partial charge is 0.341 e. The van der Waals surface area contributed by atoms with Gasteiger partial charge in [0, 0.05) is 11.1 Å². The molecule has 2 heterocycles. The summed E-state index contributed by atoms with van der Waals surface area (Å²) in [4.78, 5) is 57.1. The molecule has 2 aliphatic rings. The number of aliphatic imine (C=N–C) groups is 1. The van der Waals surface area contributed by atoms with Crippen LogP contribution in [0.1, 0.15) is 40.6 Å².